The molecule has 2 rings (SSSR count). The quantitative estimate of drug-likeness (QED) is 0.914. The van der Waals surface area contributed by atoms with Crippen LogP contribution in [0.2, 0.25) is 0 Å². The summed E-state index contributed by atoms with van der Waals surface area (Å²) in [7, 11) is -3.46. The molecule has 0 aliphatic heterocycles. The molecule has 2 aromatic rings. The van der Waals surface area contributed by atoms with E-state index in [1.165, 1.54) is 11.3 Å². The third-order valence-electron chi connectivity index (χ3n) is 2.01. The van der Waals surface area contributed by atoms with Crippen LogP contribution in [0, 0.1) is 6.92 Å². The molecule has 0 aromatic carbocycles. The monoisotopic (exact) mass is 254 g/mol. The average molecular weight is 254 g/mol. The van der Waals surface area contributed by atoms with Crippen LogP contribution in [0.1, 0.15) is 5.69 Å². The fraction of sp³-hybridized carbons (Fsp3) is 0.100. The molecule has 0 saturated carbocycles. The summed E-state index contributed by atoms with van der Waals surface area (Å²) in [5, 5.41) is 1.73. The van der Waals surface area contributed by atoms with Gasteiger partial charge >= 0.3 is 0 Å². The van der Waals surface area contributed by atoms with Gasteiger partial charge in [-0.15, -0.1) is 11.3 Å². The summed E-state index contributed by atoms with van der Waals surface area (Å²) in [5.41, 5.74) is 1.17. The number of hydrogen-bond acceptors (Lipinski definition) is 4. The number of nitrogens with one attached hydrogen (secondary N) is 1. The van der Waals surface area contributed by atoms with Crippen molar-refractivity contribution in [1.29, 1.82) is 0 Å². The first-order valence-corrected chi connectivity index (χ1v) is 6.94. The topological polar surface area (TPSA) is 59.1 Å². The Balaban J connectivity index is 2.33. The molecule has 0 aliphatic carbocycles. The standard InChI is InChI=1S/C10H10N2O2S2/c1-8-9(4-2-6-11-8)12-16(13,14)10-5-3-7-15-10/h2-7,12H,1H3. The Bertz CT molecular complexity index is 577. The third-order valence-corrected chi connectivity index (χ3v) is 4.77. The number of rotatable bonds is 3. The second-order valence-corrected chi connectivity index (χ2v) is 6.03. The zero-order chi connectivity index (χ0) is 11.6. The lowest BCUT2D eigenvalue weighted by atomic mass is 10.3. The molecule has 84 valence electrons. The first kappa shape index (κ1) is 11.1. The molecule has 1 N–H and O–H groups in total. The predicted molar refractivity (Wildman–Crippen MR) is 64.1 cm³/mol. The van der Waals surface area contributed by atoms with E-state index in [1.54, 1.807) is 42.8 Å². The highest BCUT2D eigenvalue weighted by atomic mass is 32.2. The van der Waals surface area contributed by atoms with E-state index >= 15 is 0 Å². The lowest BCUT2D eigenvalue weighted by Crippen LogP contribution is -2.12. The molecular weight excluding hydrogens is 244 g/mol. The molecule has 0 fully saturated rings. The molecule has 0 amide bonds. The van der Waals surface area contributed by atoms with E-state index < -0.39 is 10.0 Å². The van der Waals surface area contributed by atoms with Gasteiger partial charge in [0.2, 0.25) is 0 Å². The fourth-order valence-corrected chi connectivity index (χ4v) is 3.31. The Morgan fingerprint density at radius 1 is 1.31 bits per heavy atom. The zero-order valence-electron chi connectivity index (χ0n) is 8.54. The second-order valence-electron chi connectivity index (χ2n) is 3.17. The summed E-state index contributed by atoms with van der Waals surface area (Å²) in [6.07, 6.45) is 1.62. The number of thiophene rings is 1. The van der Waals surface area contributed by atoms with Crippen molar-refractivity contribution in [1.82, 2.24) is 4.98 Å². The molecular formula is C10H10N2O2S2. The van der Waals surface area contributed by atoms with Gasteiger partial charge in [-0.3, -0.25) is 9.71 Å². The highest BCUT2D eigenvalue weighted by Crippen LogP contribution is 2.21. The molecule has 0 radical (unpaired) electrons. The van der Waals surface area contributed by atoms with Crippen LogP contribution in [0.3, 0.4) is 0 Å². The van der Waals surface area contributed by atoms with Gasteiger partial charge in [0.1, 0.15) is 4.21 Å². The van der Waals surface area contributed by atoms with E-state index in [-0.39, 0.29) is 0 Å². The van der Waals surface area contributed by atoms with Crippen molar-refractivity contribution >= 4 is 27.0 Å². The van der Waals surface area contributed by atoms with Crippen molar-refractivity contribution in [3.63, 3.8) is 0 Å². The van der Waals surface area contributed by atoms with Gasteiger partial charge in [-0.1, -0.05) is 6.07 Å². The van der Waals surface area contributed by atoms with Gasteiger partial charge in [-0.05, 0) is 30.5 Å². The Morgan fingerprint density at radius 3 is 2.75 bits per heavy atom. The van der Waals surface area contributed by atoms with Gasteiger partial charge in [-0.25, -0.2) is 8.42 Å². The van der Waals surface area contributed by atoms with Crippen molar-refractivity contribution in [3.05, 3.63) is 41.5 Å². The highest BCUT2D eigenvalue weighted by molar-refractivity contribution is 7.94. The molecule has 0 bridgehead atoms. The summed E-state index contributed by atoms with van der Waals surface area (Å²) in [4.78, 5) is 4.02. The van der Waals surface area contributed by atoms with E-state index in [2.05, 4.69) is 9.71 Å². The average Bonchev–Trinajstić information content (AvgIpc) is 2.75. The molecule has 2 heterocycles. The number of sulfonamides is 1. The van der Waals surface area contributed by atoms with Gasteiger partial charge in [0.25, 0.3) is 10.0 Å². The zero-order valence-corrected chi connectivity index (χ0v) is 10.2. The van der Waals surface area contributed by atoms with Crippen LogP contribution >= 0.6 is 11.3 Å². The minimum absolute atomic E-state index is 0.302. The van der Waals surface area contributed by atoms with Gasteiger partial charge in [0.05, 0.1) is 11.4 Å². The largest absolute Gasteiger partial charge is 0.277 e. The van der Waals surface area contributed by atoms with Crippen molar-refractivity contribution in [3.8, 4) is 0 Å². The summed E-state index contributed by atoms with van der Waals surface area (Å²) < 4.78 is 26.6. The van der Waals surface area contributed by atoms with E-state index in [9.17, 15) is 8.42 Å². The smallest absolute Gasteiger partial charge is 0.271 e. The summed E-state index contributed by atoms with van der Waals surface area (Å²) in [6, 6.07) is 6.65. The van der Waals surface area contributed by atoms with Crippen LogP contribution in [0.25, 0.3) is 0 Å². The summed E-state index contributed by atoms with van der Waals surface area (Å²) in [6.45, 7) is 1.76. The molecule has 0 atom stereocenters. The van der Waals surface area contributed by atoms with Crippen molar-refractivity contribution < 1.29 is 8.42 Å². The summed E-state index contributed by atoms with van der Waals surface area (Å²) >= 11 is 1.18. The number of aromatic nitrogens is 1. The minimum atomic E-state index is -3.46. The Hall–Kier alpha value is -1.40. The van der Waals surface area contributed by atoms with Crippen LogP contribution in [-0.2, 0) is 10.0 Å². The Kier molecular flexibility index (Phi) is 2.93. The van der Waals surface area contributed by atoms with Crippen molar-refractivity contribution in [2.45, 2.75) is 11.1 Å². The van der Waals surface area contributed by atoms with Gasteiger partial charge in [0, 0.05) is 6.20 Å². The normalized spacial score (nSPS) is 11.3. The molecule has 4 nitrogen and oxygen atoms in total. The Morgan fingerprint density at radius 2 is 2.12 bits per heavy atom. The molecule has 0 spiro atoms. The van der Waals surface area contributed by atoms with E-state index in [1.807, 2.05) is 0 Å². The van der Waals surface area contributed by atoms with Crippen LogP contribution in [0.5, 0.6) is 0 Å². The number of aryl methyl sites for hydroxylation is 1. The highest BCUT2D eigenvalue weighted by Gasteiger charge is 2.15. The maximum Gasteiger partial charge on any atom is 0.271 e. The fourth-order valence-electron chi connectivity index (χ4n) is 1.20. The van der Waals surface area contributed by atoms with E-state index in [0.717, 1.165) is 0 Å². The van der Waals surface area contributed by atoms with Crippen molar-refractivity contribution in [2.24, 2.45) is 0 Å². The molecule has 0 aliphatic rings. The maximum atomic E-state index is 11.9. The SMILES string of the molecule is Cc1ncccc1NS(=O)(=O)c1cccs1. The second kappa shape index (κ2) is 4.23. The van der Waals surface area contributed by atoms with E-state index in [0.29, 0.717) is 15.6 Å². The maximum absolute atomic E-state index is 11.9. The third kappa shape index (κ3) is 2.23. The lowest BCUT2D eigenvalue weighted by Gasteiger charge is -2.07. The number of hydrogen-bond donors (Lipinski definition) is 1. The van der Waals surface area contributed by atoms with Crippen molar-refractivity contribution in [2.75, 3.05) is 4.72 Å². The first-order chi connectivity index (χ1) is 7.59. The molecule has 6 heteroatoms. The van der Waals surface area contributed by atoms with Gasteiger partial charge < -0.3 is 0 Å². The van der Waals surface area contributed by atoms with Crippen LogP contribution < -0.4 is 4.72 Å². The first-order valence-electron chi connectivity index (χ1n) is 4.57. The molecule has 0 unspecified atom stereocenters. The molecule has 2 aromatic heterocycles. The lowest BCUT2D eigenvalue weighted by molar-refractivity contribution is 0.603. The van der Waals surface area contributed by atoms with E-state index in [4.69, 9.17) is 0 Å². The molecule has 0 saturated heterocycles. The van der Waals surface area contributed by atoms with Gasteiger partial charge in [-0.2, -0.15) is 0 Å². The number of anilines is 1. The van der Waals surface area contributed by atoms with Crippen LogP contribution in [0.15, 0.2) is 40.1 Å². The Labute approximate surface area is 98.0 Å². The van der Waals surface area contributed by atoms with Crippen LogP contribution in [-0.4, -0.2) is 13.4 Å². The number of nitrogens with zero attached hydrogens (tertiary/aromatic N) is 1. The van der Waals surface area contributed by atoms with Crippen LogP contribution in [0.4, 0.5) is 5.69 Å². The predicted octanol–water partition coefficient (Wildman–Crippen LogP) is 2.25. The molecule has 16 heavy (non-hydrogen) atoms. The van der Waals surface area contributed by atoms with Gasteiger partial charge in [0.15, 0.2) is 0 Å². The summed E-state index contributed by atoms with van der Waals surface area (Å²) in [5.74, 6) is 0. The minimum Gasteiger partial charge on any atom is -0.277 e. The number of pyridine rings is 1.